The van der Waals surface area contributed by atoms with Crippen LogP contribution in [0.25, 0.3) is 32.9 Å². The monoisotopic (exact) mass is 597 g/mol. The maximum atomic E-state index is 11.5. The quantitative estimate of drug-likeness (QED) is 0.201. The first-order valence-electron chi connectivity index (χ1n) is 13.2. The van der Waals surface area contributed by atoms with Crippen LogP contribution in [0.3, 0.4) is 0 Å². The minimum absolute atomic E-state index is 0.0429. The van der Waals surface area contributed by atoms with Crippen molar-refractivity contribution in [2.75, 3.05) is 6.26 Å². The fourth-order valence-corrected chi connectivity index (χ4v) is 6.78. The van der Waals surface area contributed by atoms with Crippen LogP contribution in [0.2, 0.25) is 10.0 Å². The number of fused-ring (bicyclic) bond motifs is 2. The molecule has 1 fully saturated rings. The van der Waals surface area contributed by atoms with E-state index in [2.05, 4.69) is 19.6 Å². The number of aromatic amines is 1. The lowest BCUT2D eigenvalue weighted by Gasteiger charge is -2.33. The van der Waals surface area contributed by atoms with Crippen molar-refractivity contribution in [2.45, 2.75) is 44.4 Å². The van der Waals surface area contributed by atoms with E-state index < -0.39 is 16.1 Å². The van der Waals surface area contributed by atoms with Gasteiger partial charge in [0.15, 0.2) is 0 Å². The van der Waals surface area contributed by atoms with Crippen LogP contribution in [-0.4, -0.2) is 39.8 Å². The average Bonchev–Trinajstić information content (AvgIpc) is 3.58. The predicted molar refractivity (Wildman–Crippen MR) is 159 cm³/mol. The van der Waals surface area contributed by atoms with Crippen molar-refractivity contribution in [3.63, 3.8) is 0 Å². The van der Waals surface area contributed by atoms with Gasteiger partial charge in [0.2, 0.25) is 10.0 Å². The molecule has 0 amide bonds. The third-order valence-corrected chi connectivity index (χ3v) is 8.94. The number of nitrogens with zero attached hydrogens (tertiary/aromatic N) is 3. The summed E-state index contributed by atoms with van der Waals surface area (Å²) in [6, 6.07) is 15.4. The van der Waals surface area contributed by atoms with Crippen molar-refractivity contribution in [1.29, 1.82) is 0 Å². The van der Waals surface area contributed by atoms with E-state index in [4.69, 9.17) is 28.3 Å². The van der Waals surface area contributed by atoms with Crippen molar-refractivity contribution >= 4 is 55.0 Å². The van der Waals surface area contributed by atoms with Gasteiger partial charge in [0.05, 0.1) is 41.8 Å². The summed E-state index contributed by atoms with van der Waals surface area (Å²) in [6.45, 7) is 0.234. The van der Waals surface area contributed by atoms with Gasteiger partial charge in [0.1, 0.15) is 0 Å². The number of H-pyrrole nitrogens is 1. The lowest BCUT2D eigenvalue weighted by atomic mass is 9.79. The molecule has 1 aliphatic carbocycles. The van der Waals surface area contributed by atoms with E-state index in [1.807, 2.05) is 54.7 Å². The molecule has 3 aromatic carbocycles. The third-order valence-electron chi connectivity index (χ3n) is 7.84. The smallest absolute Gasteiger partial charge is 0.209 e. The SMILES string of the molecule is CS(=O)(=O)NCc1ccc(-c2cc(Cl)cc3c2cnn3C2CCCC(C(O)c3cc(Cl)cc4[nH]ncc34)C2)cc1. The molecule has 2 heterocycles. The van der Waals surface area contributed by atoms with Gasteiger partial charge in [-0.25, -0.2) is 13.1 Å². The Morgan fingerprint density at radius 2 is 1.85 bits per heavy atom. The molecule has 8 nitrogen and oxygen atoms in total. The van der Waals surface area contributed by atoms with E-state index in [9.17, 15) is 13.5 Å². The van der Waals surface area contributed by atoms with E-state index in [-0.39, 0.29) is 18.5 Å². The van der Waals surface area contributed by atoms with Crippen LogP contribution >= 0.6 is 23.2 Å². The van der Waals surface area contributed by atoms with Crippen molar-refractivity contribution in [3.05, 3.63) is 82.1 Å². The number of benzene rings is 3. The molecule has 0 radical (unpaired) electrons. The molecule has 3 unspecified atom stereocenters. The van der Waals surface area contributed by atoms with E-state index in [0.29, 0.717) is 10.0 Å². The molecule has 208 valence electrons. The molecule has 3 atom stereocenters. The molecule has 11 heteroatoms. The zero-order valence-corrected chi connectivity index (χ0v) is 24.1. The van der Waals surface area contributed by atoms with Crippen LogP contribution in [0.1, 0.15) is 49.0 Å². The van der Waals surface area contributed by atoms with E-state index in [1.165, 1.54) is 0 Å². The Hall–Kier alpha value is -2.95. The number of halogens is 2. The van der Waals surface area contributed by atoms with Gasteiger partial charge in [-0.15, -0.1) is 0 Å². The molecule has 1 saturated carbocycles. The van der Waals surface area contributed by atoms with Crippen molar-refractivity contribution < 1.29 is 13.5 Å². The lowest BCUT2D eigenvalue weighted by molar-refractivity contribution is 0.0701. The molecule has 5 aromatic rings. The van der Waals surface area contributed by atoms with E-state index in [0.717, 1.165) is 76.0 Å². The first-order valence-corrected chi connectivity index (χ1v) is 15.8. The molecule has 40 heavy (non-hydrogen) atoms. The van der Waals surface area contributed by atoms with Crippen molar-refractivity contribution in [3.8, 4) is 11.1 Å². The van der Waals surface area contributed by atoms with Crippen LogP contribution in [-0.2, 0) is 16.6 Å². The predicted octanol–water partition coefficient (Wildman–Crippen LogP) is 6.40. The highest BCUT2D eigenvalue weighted by Crippen LogP contribution is 2.43. The zero-order chi connectivity index (χ0) is 28.0. The van der Waals surface area contributed by atoms with Gasteiger partial charge in [0.25, 0.3) is 0 Å². The highest BCUT2D eigenvalue weighted by Gasteiger charge is 2.31. The van der Waals surface area contributed by atoms with Gasteiger partial charge in [-0.1, -0.05) is 53.9 Å². The number of aromatic nitrogens is 4. The second kappa shape index (κ2) is 10.8. The van der Waals surface area contributed by atoms with E-state index >= 15 is 0 Å². The number of aliphatic hydroxyl groups excluding tert-OH is 1. The molecule has 1 aliphatic rings. The molecule has 0 spiro atoms. The van der Waals surface area contributed by atoms with Crippen LogP contribution in [0, 0.1) is 5.92 Å². The van der Waals surface area contributed by atoms with Crippen molar-refractivity contribution in [1.82, 2.24) is 24.7 Å². The summed E-state index contributed by atoms with van der Waals surface area (Å²) in [5.74, 6) is 0.0429. The van der Waals surface area contributed by atoms with E-state index in [1.54, 1.807) is 6.20 Å². The van der Waals surface area contributed by atoms with Gasteiger partial charge in [-0.2, -0.15) is 10.2 Å². The molecule has 2 aromatic heterocycles. The summed E-state index contributed by atoms with van der Waals surface area (Å²) in [6.07, 6.45) is 7.71. The van der Waals surface area contributed by atoms with Crippen LogP contribution in [0.4, 0.5) is 0 Å². The summed E-state index contributed by atoms with van der Waals surface area (Å²) in [5.41, 5.74) is 5.36. The highest BCUT2D eigenvalue weighted by atomic mass is 35.5. The molecular weight excluding hydrogens is 569 g/mol. The summed E-state index contributed by atoms with van der Waals surface area (Å²) in [5, 5.41) is 26.4. The fraction of sp³-hybridized carbons (Fsp3) is 0.310. The minimum atomic E-state index is -3.27. The molecule has 0 bridgehead atoms. The second-order valence-corrected chi connectivity index (χ2v) is 13.3. The van der Waals surface area contributed by atoms with Gasteiger partial charge in [-0.3, -0.25) is 9.78 Å². The van der Waals surface area contributed by atoms with Crippen molar-refractivity contribution in [2.24, 2.45) is 5.92 Å². The maximum Gasteiger partial charge on any atom is 0.209 e. The van der Waals surface area contributed by atoms with Gasteiger partial charge in [-0.05, 0) is 71.7 Å². The Labute approximate surface area is 242 Å². The third kappa shape index (κ3) is 5.49. The standard InChI is InChI=1S/C29H29Cl2N5O3S/c1-40(38,39)34-14-17-5-7-18(8-6-17)23-10-21(31)13-28-26(23)16-33-36(28)22-4-2-3-19(9-22)29(37)24-11-20(30)12-27-25(24)15-32-35-27/h5-8,10-13,15-16,19,22,29,34,37H,2-4,9,14H2,1H3,(H,32,35). The molecule has 3 N–H and O–H groups in total. The topological polar surface area (TPSA) is 113 Å². The average molecular weight is 599 g/mol. The summed E-state index contributed by atoms with van der Waals surface area (Å²) in [7, 11) is -3.27. The molecule has 0 saturated heterocycles. The lowest BCUT2D eigenvalue weighted by Crippen LogP contribution is -2.24. The van der Waals surface area contributed by atoms with Crippen LogP contribution in [0.15, 0.2) is 60.9 Å². The van der Waals surface area contributed by atoms with Crippen LogP contribution in [0.5, 0.6) is 0 Å². The number of rotatable bonds is 7. The maximum absolute atomic E-state index is 11.5. The fourth-order valence-electron chi connectivity index (χ4n) is 5.91. The Kier molecular flexibility index (Phi) is 7.35. The Balaban J connectivity index is 1.28. The van der Waals surface area contributed by atoms with Crippen LogP contribution < -0.4 is 4.72 Å². The Morgan fingerprint density at radius 1 is 1.07 bits per heavy atom. The summed E-state index contributed by atoms with van der Waals surface area (Å²) >= 11 is 13.0. The van der Waals surface area contributed by atoms with Gasteiger partial charge >= 0.3 is 0 Å². The summed E-state index contributed by atoms with van der Waals surface area (Å²) in [4.78, 5) is 0. The first kappa shape index (κ1) is 27.2. The number of hydrogen-bond donors (Lipinski definition) is 3. The second-order valence-electron chi connectivity index (χ2n) is 10.6. The number of hydrogen-bond acceptors (Lipinski definition) is 5. The number of aliphatic hydroxyl groups is 1. The summed E-state index contributed by atoms with van der Waals surface area (Å²) < 4.78 is 27.4. The number of sulfonamides is 1. The molecule has 6 rings (SSSR count). The van der Waals surface area contributed by atoms with Gasteiger partial charge in [0, 0.05) is 27.4 Å². The minimum Gasteiger partial charge on any atom is -0.388 e. The highest BCUT2D eigenvalue weighted by molar-refractivity contribution is 7.88. The number of nitrogens with one attached hydrogen (secondary N) is 2. The largest absolute Gasteiger partial charge is 0.388 e. The Bertz CT molecular complexity index is 1800. The van der Waals surface area contributed by atoms with Gasteiger partial charge < -0.3 is 5.11 Å². The molecular formula is C29H29Cl2N5O3S. The zero-order valence-electron chi connectivity index (χ0n) is 21.8. The first-order chi connectivity index (χ1) is 19.2. The Morgan fingerprint density at radius 3 is 2.62 bits per heavy atom. The molecule has 0 aliphatic heterocycles. The normalized spacial score (nSPS) is 18.9.